The van der Waals surface area contributed by atoms with E-state index in [1.807, 2.05) is 24.4 Å². The molecule has 0 fully saturated rings. The van der Waals surface area contributed by atoms with Crippen LogP contribution < -0.4 is 5.32 Å². The van der Waals surface area contributed by atoms with E-state index in [1.54, 1.807) is 6.07 Å². The quantitative estimate of drug-likeness (QED) is 0.405. The highest BCUT2D eigenvalue weighted by Crippen LogP contribution is 2.39. The monoisotopic (exact) mass is 395 g/mol. The molecule has 0 radical (unpaired) electrons. The average molecular weight is 396 g/mol. The van der Waals surface area contributed by atoms with E-state index in [9.17, 15) is 0 Å². The molecule has 5 heteroatoms. The molecule has 2 aromatic heterocycles. The van der Waals surface area contributed by atoms with Crippen molar-refractivity contribution in [1.29, 1.82) is 0 Å². The summed E-state index contributed by atoms with van der Waals surface area (Å²) in [6.07, 6.45) is 2.01. The maximum Gasteiger partial charge on any atom is 0.143 e. The van der Waals surface area contributed by atoms with Crippen LogP contribution in [0.4, 0.5) is 11.5 Å². The zero-order valence-electron chi connectivity index (χ0n) is 15.3. The van der Waals surface area contributed by atoms with Crippen molar-refractivity contribution in [3.8, 4) is 11.3 Å². The van der Waals surface area contributed by atoms with Gasteiger partial charge < -0.3 is 5.32 Å². The van der Waals surface area contributed by atoms with Gasteiger partial charge in [-0.3, -0.25) is 4.40 Å². The summed E-state index contributed by atoms with van der Waals surface area (Å²) >= 11 is 12.8. The first-order valence-corrected chi connectivity index (χ1v) is 9.48. The lowest BCUT2D eigenvalue weighted by Crippen LogP contribution is -2.01. The van der Waals surface area contributed by atoms with Gasteiger partial charge in [-0.05, 0) is 49.6 Å². The molecule has 1 N–H and O–H groups in total. The predicted molar refractivity (Wildman–Crippen MR) is 115 cm³/mol. The Morgan fingerprint density at radius 2 is 1.52 bits per heavy atom. The third kappa shape index (κ3) is 3.07. The fraction of sp³-hybridized carbons (Fsp3) is 0.136. The van der Waals surface area contributed by atoms with E-state index in [0.717, 1.165) is 34.0 Å². The Kier molecular flexibility index (Phi) is 4.58. The number of rotatable bonds is 3. The van der Waals surface area contributed by atoms with E-state index in [2.05, 4.69) is 54.8 Å². The van der Waals surface area contributed by atoms with Crippen LogP contribution in [0.3, 0.4) is 0 Å². The SMILES string of the molecule is Cc1cccc(C)c1Nc1c(-c2cccc(Cl)c2Cl)nc2c(C)cccn12. The fourth-order valence-electron chi connectivity index (χ4n) is 3.33. The molecule has 136 valence electrons. The van der Waals surface area contributed by atoms with Crippen LogP contribution >= 0.6 is 23.2 Å². The van der Waals surface area contributed by atoms with E-state index in [-0.39, 0.29) is 0 Å². The molecule has 0 aliphatic rings. The van der Waals surface area contributed by atoms with Crippen molar-refractivity contribution in [3.05, 3.63) is 81.5 Å². The number of nitrogens with one attached hydrogen (secondary N) is 1. The number of hydrogen-bond acceptors (Lipinski definition) is 2. The third-order valence-corrected chi connectivity index (χ3v) is 5.60. The zero-order valence-corrected chi connectivity index (χ0v) is 16.9. The minimum Gasteiger partial charge on any atom is -0.339 e. The Balaban J connectivity index is 2.01. The minimum atomic E-state index is 0.504. The number of nitrogens with zero attached hydrogens (tertiary/aromatic N) is 2. The number of para-hydroxylation sites is 1. The number of anilines is 2. The number of pyridine rings is 1. The molecular formula is C22H19Cl2N3. The third-order valence-electron chi connectivity index (χ3n) is 4.78. The molecule has 0 saturated carbocycles. The van der Waals surface area contributed by atoms with Crippen molar-refractivity contribution in [1.82, 2.24) is 9.38 Å². The standard InChI is InChI=1S/C22H19Cl2N3/c1-13-7-4-8-14(2)19(13)25-22-20(16-10-5-11-17(23)18(16)24)26-21-15(3)9-6-12-27(21)22/h4-12,25H,1-3H3. The number of hydrogen-bond donors (Lipinski definition) is 1. The van der Waals surface area contributed by atoms with Gasteiger partial charge in [0.25, 0.3) is 0 Å². The van der Waals surface area contributed by atoms with Crippen molar-refractivity contribution in [3.63, 3.8) is 0 Å². The molecule has 0 amide bonds. The molecule has 27 heavy (non-hydrogen) atoms. The van der Waals surface area contributed by atoms with Gasteiger partial charge in [0.1, 0.15) is 17.2 Å². The molecular weight excluding hydrogens is 377 g/mol. The number of halogens is 2. The predicted octanol–water partition coefficient (Wildman–Crippen LogP) is 6.98. The van der Waals surface area contributed by atoms with E-state index in [4.69, 9.17) is 28.2 Å². The van der Waals surface area contributed by atoms with E-state index in [0.29, 0.717) is 10.0 Å². The largest absolute Gasteiger partial charge is 0.339 e. The van der Waals surface area contributed by atoms with Gasteiger partial charge in [0, 0.05) is 17.4 Å². The Labute approximate surface area is 168 Å². The van der Waals surface area contributed by atoms with Crippen molar-refractivity contribution >= 4 is 40.4 Å². The van der Waals surface area contributed by atoms with Crippen LogP contribution in [0.25, 0.3) is 16.9 Å². The molecule has 0 aliphatic heterocycles. The molecule has 0 spiro atoms. The fourth-order valence-corrected chi connectivity index (χ4v) is 3.72. The van der Waals surface area contributed by atoms with Crippen molar-refractivity contribution < 1.29 is 0 Å². The summed E-state index contributed by atoms with van der Waals surface area (Å²) in [5.74, 6) is 0.871. The first kappa shape index (κ1) is 17.9. The second-order valence-corrected chi connectivity index (χ2v) is 7.47. The molecule has 0 saturated heterocycles. The van der Waals surface area contributed by atoms with Gasteiger partial charge >= 0.3 is 0 Å². The lowest BCUT2D eigenvalue weighted by Gasteiger charge is -2.14. The molecule has 0 aliphatic carbocycles. The maximum atomic E-state index is 6.52. The van der Waals surface area contributed by atoms with Crippen molar-refractivity contribution in [2.24, 2.45) is 0 Å². The van der Waals surface area contributed by atoms with Gasteiger partial charge in [-0.1, -0.05) is 59.6 Å². The summed E-state index contributed by atoms with van der Waals surface area (Å²) in [5.41, 5.74) is 6.96. The molecule has 2 heterocycles. The van der Waals surface area contributed by atoms with Crippen LogP contribution in [0, 0.1) is 20.8 Å². The van der Waals surface area contributed by atoms with Gasteiger partial charge in [0.05, 0.1) is 10.0 Å². The Hall–Kier alpha value is -2.49. The van der Waals surface area contributed by atoms with E-state index < -0.39 is 0 Å². The summed E-state index contributed by atoms with van der Waals surface area (Å²) in [5, 5.41) is 4.62. The van der Waals surface area contributed by atoms with Gasteiger partial charge in [-0.25, -0.2) is 4.98 Å². The van der Waals surface area contributed by atoms with Crippen LogP contribution in [0.5, 0.6) is 0 Å². The maximum absolute atomic E-state index is 6.52. The topological polar surface area (TPSA) is 29.3 Å². The zero-order chi connectivity index (χ0) is 19.1. The molecule has 4 rings (SSSR count). The molecule has 3 nitrogen and oxygen atoms in total. The number of benzene rings is 2. The first-order valence-electron chi connectivity index (χ1n) is 8.72. The number of fused-ring (bicyclic) bond motifs is 1. The first-order chi connectivity index (χ1) is 13.0. The van der Waals surface area contributed by atoms with Gasteiger partial charge in [0.15, 0.2) is 0 Å². The van der Waals surface area contributed by atoms with Crippen LogP contribution in [0.15, 0.2) is 54.7 Å². The summed E-state index contributed by atoms with van der Waals surface area (Å²) < 4.78 is 2.06. The number of aromatic nitrogens is 2. The van der Waals surface area contributed by atoms with Crippen molar-refractivity contribution in [2.45, 2.75) is 20.8 Å². The molecule has 0 bridgehead atoms. The lowest BCUT2D eigenvalue weighted by molar-refractivity contribution is 1.16. The van der Waals surface area contributed by atoms with Gasteiger partial charge in [-0.15, -0.1) is 0 Å². The second-order valence-electron chi connectivity index (χ2n) is 6.69. The number of aryl methyl sites for hydroxylation is 3. The Bertz CT molecular complexity index is 1140. The summed E-state index contributed by atoms with van der Waals surface area (Å²) in [4.78, 5) is 4.90. The summed E-state index contributed by atoms with van der Waals surface area (Å²) in [7, 11) is 0. The molecule has 4 aromatic rings. The normalized spacial score (nSPS) is 11.1. The van der Waals surface area contributed by atoms with Crippen LogP contribution in [0.2, 0.25) is 10.0 Å². The van der Waals surface area contributed by atoms with E-state index >= 15 is 0 Å². The number of imidazole rings is 1. The highest BCUT2D eigenvalue weighted by Gasteiger charge is 2.19. The smallest absolute Gasteiger partial charge is 0.143 e. The molecule has 0 unspecified atom stereocenters. The Morgan fingerprint density at radius 3 is 2.26 bits per heavy atom. The van der Waals surface area contributed by atoms with Crippen LogP contribution in [-0.4, -0.2) is 9.38 Å². The Morgan fingerprint density at radius 1 is 0.852 bits per heavy atom. The van der Waals surface area contributed by atoms with Crippen LogP contribution in [-0.2, 0) is 0 Å². The second kappa shape index (κ2) is 6.91. The van der Waals surface area contributed by atoms with E-state index in [1.165, 1.54) is 11.1 Å². The minimum absolute atomic E-state index is 0.504. The van der Waals surface area contributed by atoms with Gasteiger partial charge in [-0.2, -0.15) is 0 Å². The average Bonchev–Trinajstić information content (AvgIpc) is 3.00. The van der Waals surface area contributed by atoms with Crippen LogP contribution in [0.1, 0.15) is 16.7 Å². The summed E-state index contributed by atoms with van der Waals surface area (Å²) in [6.45, 7) is 6.24. The summed E-state index contributed by atoms with van der Waals surface area (Å²) in [6, 6.07) is 15.9. The van der Waals surface area contributed by atoms with Gasteiger partial charge in [0.2, 0.25) is 0 Å². The lowest BCUT2D eigenvalue weighted by atomic mass is 10.1. The van der Waals surface area contributed by atoms with Crippen molar-refractivity contribution in [2.75, 3.05) is 5.32 Å². The molecule has 2 aromatic carbocycles. The molecule has 0 atom stereocenters. The highest BCUT2D eigenvalue weighted by molar-refractivity contribution is 6.43. The highest BCUT2D eigenvalue weighted by atomic mass is 35.5.